The lowest BCUT2D eigenvalue weighted by molar-refractivity contribution is -0.384. The van der Waals surface area contributed by atoms with Crippen LogP contribution in [-0.4, -0.2) is 23.0 Å². The molecule has 25 heavy (non-hydrogen) atoms. The Morgan fingerprint density at radius 3 is 2.44 bits per heavy atom. The number of nitro benzene ring substituents is 1. The molecule has 3 aromatic carbocycles. The highest BCUT2D eigenvalue weighted by atomic mass is 16.6. The molecule has 0 aliphatic heterocycles. The van der Waals surface area contributed by atoms with Crippen LogP contribution in [0.2, 0.25) is 0 Å². The van der Waals surface area contributed by atoms with Crippen LogP contribution in [0.25, 0.3) is 10.8 Å². The number of aromatic hydroxyl groups is 1. The van der Waals surface area contributed by atoms with Crippen molar-refractivity contribution in [2.24, 2.45) is 0 Å². The zero-order valence-electron chi connectivity index (χ0n) is 13.2. The van der Waals surface area contributed by atoms with E-state index in [1.165, 1.54) is 30.3 Å². The number of ether oxygens (including phenoxy) is 1. The Morgan fingerprint density at radius 1 is 1.08 bits per heavy atom. The Labute approximate surface area is 142 Å². The van der Waals surface area contributed by atoms with Gasteiger partial charge < -0.3 is 15.2 Å². The number of rotatable bonds is 4. The highest BCUT2D eigenvalue weighted by Gasteiger charge is 2.14. The lowest BCUT2D eigenvalue weighted by atomic mass is 10.0. The van der Waals surface area contributed by atoms with E-state index >= 15 is 0 Å². The Morgan fingerprint density at radius 2 is 1.80 bits per heavy atom. The van der Waals surface area contributed by atoms with Gasteiger partial charge in [-0.1, -0.05) is 6.07 Å². The molecule has 3 aromatic rings. The van der Waals surface area contributed by atoms with Gasteiger partial charge in [0.15, 0.2) is 0 Å². The molecule has 0 heterocycles. The first-order valence-electron chi connectivity index (χ1n) is 7.34. The normalized spacial score (nSPS) is 10.4. The van der Waals surface area contributed by atoms with Gasteiger partial charge in [0.05, 0.1) is 17.6 Å². The molecule has 0 fully saturated rings. The van der Waals surface area contributed by atoms with Crippen molar-refractivity contribution in [3.05, 3.63) is 70.3 Å². The van der Waals surface area contributed by atoms with Gasteiger partial charge in [-0.25, -0.2) is 0 Å². The summed E-state index contributed by atoms with van der Waals surface area (Å²) in [6.45, 7) is 0. The van der Waals surface area contributed by atoms with Gasteiger partial charge in [-0.3, -0.25) is 14.9 Å². The van der Waals surface area contributed by atoms with Crippen LogP contribution in [-0.2, 0) is 0 Å². The van der Waals surface area contributed by atoms with Crippen molar-refractivity contribution in [3.63, 3.8) is 0 Å². The number of phenolic OH excluding ortho intramolecular Hbond substituents is 1. The van der Waals surface area contributed by atoms with Crippen molar-refractivity contribution in [2.75, 3.05) is 12.4 Å². The molecular weight excluding hydrogens is 324 g/mol. The SMILES string of the molecule is COc1ccc2cc(O)c(C(=O)Nc3ccc([N+](=O)[O-])cc3)cc2c1. The van der Waals surface area contributed by atoms with Crippen LogP contribution in [0.4, 0.5) is 11.4 Å². The lowest BCUT2D eigenvalue weighted by Crippen LogP contribution is -2.12. The number of nitro groups is 1. The first kappa shape index (κ1) is 16.3. The summed E-state index contributed by atoms with van der Waals surface area (Å²) in [5.74, 6) is -0.0342. The highest BCUT2D eigenvalue weighted by molar-refractivity contribution is 6.08. The minimum atomic E-state index is -0.520. The van der Waals surface area contributed by atoms with Gasteiger partial charge in [-0.15, -0.1) is 0 Å². The molecule has 1 amide bonds. The fraction of sp³-hybridized carbons (Fsp3) is 0.0556. The average molecular weight is 338 g/mol. The van der Waals surface area contributed by atoms with Crippen LogP contribution in [0, 0.1) is 10.1 Å². The van der Waals surface area contributed by atoms with Gasteiger partial charge in [-0.2, -0.15) is 0 Å². The third kappa shape index (κ3) is 3.35. The molecule has 2 N–H and O–H groups in total. The minimum Gasteiger partial charge on any atom is -0.507 e. The molecule has 0 spiro atoms. The summed E-state index contributed by atoms with van der Waals surface area (Å²) in [5, 5.41) is 24.9. The Hall–Kier alpha value is -3.61. The number of phenols is 1. The van der Waals surface area contributed by atoms with Crippen LogP contribution in [0.5, 0.6) is 11.5 Å². The second-order valence-corrected chi connectivity index (χ2v) is 5.34. The van der Waals surface area contributed by atoms with E-state index in [2.05, 4.69) is 5.32 Å². The molecule has 0 saturated heterocycles. The molecule has 0 aromatic heterocycles. The minimum absolute atomic E-state index is 0.0707. The van der Waals surface area contributed by atoms with Crippen molar-refractivity contribution in [3.8, 4) is 11.5 Å². The lowest BCUT2D eigenvalue weighted by Gasteiger charge is -2.09. The number of nitrogens with zero attached hydrogens (tertiary/aromatic N) is 1. The first-order valence-corrected chi connectivity index (χ1v) is 7.34. The maximum absolute atomic E-state index is 12.4. The summed E-state index contributed by atoms with van der Waals surface area (Å²) in [5.41, 5.74) is 0.415. The van der Waals surface area contributed by atoms with Crippen LogP contribution in [0.3, 0.4) is 0 Å². The number of anilines is 1. The van der Waals surface area contributed by atoms with Crippen molar-refractivity contribution < 1.29 is 19.6 Å². The Bertz CT molecular complexity index is 967. The maximum atomic E-state index is 12.4. The summed E-state index contributed by atoms with van der Waals surface area (Å²) >= 11 is 0. The summed E-state index contributed by atoms with van der Waals surface area (Å²) in [6.07, 6.45) is 0. The molecule has 0 bridgehead atoms. The number of fused-ring (bicyclic) bond motifs is 1. The van der Waals surface area contributed by atoms with E-state index in [-0.39, 0.29) is 17.0 Å². The number of carbonyl (C=O) groups is 1. The standard InChI is InChI=1S/C18H14N2O5/c1-25-15-7-2-11-10-17(21)16(9-12(11)8-15)18(22)19-13-3-5-14(6-4-13)20(23)24/h2-10,21H,1H3,(H,19,22). The van der Waals surface area contributed by atoms with Gasteiger partial charge >= 0.3 is 0 Å². The van der Waals surface area contributed by atoms with Crippen molar-refractivity contribution in [1.82, 2.24) is 0 Å². The number of nitrogens with one attached hydrogen (secondary N) is 1. The molecule has 0 aliphatic carbocycles. The molecule has 0 aliphatic rings. The monoisotopic (exact) mass is 338 g/mol. The first-order chi connectivity index (χ1) is 12.0. The van der Waals surface area contributed by atoms with Gasteiger partial charge in [0, 0.05) is 17.8 Å². The van der Waals surface area contributed by atoms with E-state index in [1.807, 2.05) is 0 Å². The molecule has 0 unspecified atom stereocenters. The van der Waals surface area contributed by atoms with Crippen molar-refractivity contribution in [1.29, 1.82) is 0 Å². The highest BCUT2D eigenvalue weighted by Crippen LogP contribution is 2.28. The zero-order valence-corrected chi connectivity index (χ0v) is 13.2. The van der Waals surface area contributed by atoms with E-state index in [9.17, 15) is 20.0 Å². The maximum Gasteiger partial charge on any atom is 0.269 e. The van der Waals surface area contributed by atoms with Crippen LogP contribution >= 0.6 is 0 Å². The fourth-order valence-electron chi connectivity index (χ4n) is 2.44. The molecule has 0 atom stereocenters. The third-order valence-corrected chi connectivity index (χ3v) is 3.74. The molecule has 126 valence electrons. The second-order valence-electron chi connectivity index (χ2n) is 5.34. The Balaban J connectivity index is 1.90. The molecule has 3 rings (SSSR count). The van der Waals surface area contributed by atoms with E-state index in [1.54, 1.807) is 31.4 Å². The van der Waals surface area contributed by atoms with Crippen LogP contribution in [0.15, 0.2) is 54.6 Å². The summed E-state index contributed by atoms with van der Waals surface area (Å²) < 4.78 is 5.16. The number of amides is 1. The number of non-ortho nitro benzene ring substituents is 1. The number of hydrogen-bond donors (Lipinski definition) is 2. The average Bonchev–Trinajstić information content (AvgIpc) is 2.61. The fourth-order valence-corrected chi connectivity index (χ4v) is 2.44. The third-order valence-electron chi connectivity index (χ3n) is 3.74. The van der Waals surface area contributed by atoms with E-state index in [0.717, 1.165) is 10.8 Å². The van der Waals surface area contributed by atoms with E-state index < -0.39 is 10.8 Å². The summed E-state index contributed by atoms with van der Waals surface area (Å²) in [6, 6.07) is 13.8. The molecule has 0 saturated carbocycles. The number of benzene rings is 3. The van der Waals surface area contributed by atoms with E-state index in [4.69, 9.17) is 4.74 Å². The van der Waals surface area contributed by atoms with E-state index in [0.29, 0.717) is 11.4 Å². The second kappa shape index (κ2) is 6.48. The largest absolute Gasteiger partial charge is 0.507 e. The molecule has 0 radical (unpaired) electrons. The topological polar surface area (TPSA) is 102 Å². The number of hydrogen-bond acceptors (Lipinski definition) is 5. The van der Waals surface area contributed by atoms with Gasteiger partial charge in [0.1, 0.15) is 11.5 Å². The van der Waals surface area contributed by atoms with Gasteiger partial charge in [0.2, 0.25) is 0 Å². The van der Waals surface area contributed by atoms with Crippen LogP contribution in [0.1, 0.15) is 10.4 Å². The summed E-state index contributed by atoms with van der Waals surface area (Å²) in [4.78, 5) is 22.5. The number of carbonyl (C=O) groups excluding carboxylic acids is 1. The number of methoxy groups -OCH3 is 1. The van der Waals surface area contributed by atoms with Crippen molar-refractivity contribution >= 4 is 28.1 Å². The van der Waals surface area contributed by atoms with Gasteiger partial charge in [-0.05, 0) is 47.2 Å². The van der Waals surface area contributed by atoms with Crippen LogP contribution < -0.4 is 10.1 Å². The molecule has 7 heteroatoms. The summed E-state index contributed by atoms with van der Waals surface area (Å²) in [7, 11) is 1.55. The molecular formula is C18H14N2O5. The van der Waals surface area contributed by atoms with Gasteiger partial charge in [0.25, 0.3) is 11.6 Å². The van der Waals surface area contributed by atoms with Crippen molar-refractivity contribution in [2.45, 2.75) is 0 Å². The predicted octanol–water partition coefficient (Wildman–Crippen LogP) is 3.71. The zero-order chi connectivity index (χ0) is 18.0. The smallest absolute Gasteiger partial charge is 0.269 e. The Kier molecular flexibility index (Phi) is 4.21. The molecule has 7 nitrogen and oxygen atoms in total. The predicted molar refractivity (Wildman–Crippen MR) is 93.2 cm³/mol. The quantitative estimate of drug-likeness (QED) is 0.558.